The molecule has 1 fully saturated rings. The number of aryl methyl sites for hydroxylation is 1. The lowest BCUT2D eigenvalue weighted by atomic mass is 9.84. The highest BCUT2D eigenvalue weighted by atomic mass is 32.2. The predicted octanol–water partition coefficient (Wildman–Crippen LogP) is 2.72. The summed E-state index contributed by atoms with van der Waals surface area (Å²) in [4.78, 5) is 4.45. The van der Waals surface area contributed by atoms with Gasteiger partial charge < -0.3 is 9.80 Å². The predicted molar refractivity (Wildman–Crippen MR) is 113 cm³/mol. The summed E-state index contributed by atoms with van der Waals surface area (Å²) in [5.41, 5.74) is 5.05. The van der Waals surface area contributed by atoms with Gasteiger partial charge in [0, 0.05) is 37.9 Å². The van der Waals surface area contributed by atoms with E-state index in [4.69, 9.17) is 0 Å². The topological polar surface area (TPSA) is 52.6 Å². The molecule has 4 rings (SSSR count). The minimum atomic E-state index is -3.89. The summed E-state index contributed by atoms with van der Waals surface area (Å²) in [6.45, 7) is 6.10. The van der Waals surface area contributed by atoms with Gasteiger partial charge in [-0.15, -0.1) is 0 Å². The van der Waals surface area contributed by atoms with Crippen molar-refractivity contribution in [2.75, 3.05) is 38.1 Å². The van der Waals surface area contributed by atoms with Crippen LogP contribution in [-0.4, -0.2) is 52.6 Å². The number of hydrogen-bond acceptors (Lipinski definition) is 4. The van der Waals surface area contributed by atoms with Gasteiger partial charge >= 0.3 is 0 Å². The molecule has 29 heavy (non-hydrogen) atoms. The van der Waals surface area contributed by atoms with Gasteiger partial charge in [-0.3, -0.25) is 0 Å². The van der Waals surface area contributed by atoms with Crippen LogP contribution < -0.4 is 9.62 Å². The molecule has 2 aromatic rings. The van der Waals surface area contributed by atoms with E-state index in [2.05, 4.69) is 40.6 Å². The Hall–Kier alpha value is -1.96. The van der Waals surface area contributed by atoms with Crippen LogP contribution in [0, 0.1) is 12.7 Å². The number of likely N-dealkylation sites (N-methyl/N-ethyl adjacent to an activating group) is 1. The van der Waals surface area contributed by atoms with Crippen molar-refractivity contribution in [2.45, 2.75) is 37.1 Å². The molecule has 0 spiro atoms. The molecule has 1 N–H and O–H groups in total. The summed E-state index contributed by atoms with van der Waals surface area (Å²) >= 11 is 0. The fourth-order valence-corrected chi connectivity index (χ4v) is 5.78. The lowest BCUT2D eigenvalue weighted by molar-refractivity contribution is 0.312. The molecule has 1 heterocycles. The first-order chi connectivity index (χ1) is 13.8. The number of hydrogen-bond donors (Lipinski definition) is 1. The summed E-state index contributed by atoms with van der Waals surface area (Å²) in [5, 5.41) is 0. The molecule has 7 heteroatoms. The quantitative estimate of drug-likeness (QED) is 0.831. The van der Waals surface area contributed by atoms with Gasteiger partial charge in [0.15, 0.2) is 0 Å². The van der Waals surface area contributed by atoms with Crippen LogP contribution in [0.15, 0.2) is 41.3 Å². The summed E-state index contributed by atoms with van der Waals surface area (Å²) in [7, 11) is -1.76. The van der Waals surface area contributed by atoms with Crippen LogP contribution in [0.3, 0.4) is 0 Å². The van der Waals surface area contributed by atoms with Gasteiger partial charge in [-0.25, -0.2) is 17.5 Å². The first kappa shape index (κ1) is 20.3. The third-order valence-corrected chi connectivity index (χ3v) is 7.68. The van der Waals surface area contributed by atoms with Crippen molar-refractivity contribution >= 4 is 15.7 Å². The van der Waals surface area contributed by atoms with Crippen LogP contribution >= 0.6 is 0 Å². The highest BCUT2D eigenvalue weighted by molar-refractivity contribution is 7.89. The van der Waals surface area contributed by atoms with Crippen LogP contribution in [0.2, 0.25) is 0 Å². The molecule has 156 valence electrons. The maximum Gasteiger partial charge on any atom is 0.243 e. The van der Waals surface area contributed by atoms with Crippen molar-refractivity contribution in [3.63, 3.8) is 0 Å². The maximum atomic E-state index is 14.0. The first-order valence-corrected chi connectivity index (χ1v) is 11.6. The molecule has 0 saturated carbocycles. The Morgan fingerprint density at radius 1 is 1.03 bits per heavy atom. The molecule has 1 atom stereocenters. The van der Waals surface area contributed by atoms with Crippen molar-refractivity contribution in [3.05, 3.63) is 58.9 Å². The van der Waals surface area contributed by atoms with E-state index in [1.54, 1.807) is 6.07 Å². The van der Waals surface area contributed by atoms with E-state index in [9.17, 15) is 12.8 Å². The zero-order chi connectivity index (χ0) is 20.6. The number of benzene rings is 2. The fourth-order valence-electron chi connectivity index (χ4n) is 4.43. The van der Waals surface area contributed by atoms with E-state index >= 15 is 0 Å². The standard InChI is InChI=1S/C22H28FN3O2S/c1-16-7-10-21(26-13-11-25(2)12-14-26)19-15-17(8-9-18(16)19)24-29(27,28)22-6-4-3-5-20(22)23/h3-7,10,17,24H,8-9,11-15H2,1-2H3/t17-/m1/s1. The second-order valence-electron chi connectivity index (χ2n) is 8.14. The molecule has 1 aliphatic heterocycles. The Morgan fingerprint density at radius 3 is 2.48 bits per heavy atom. The summed E-state index contributed by atoms with van der Waals surface area (Å²) < 4.78 is 42.3. The fraction of sp³-hybridized carbons (Fsp3) is 0.455. The van der Waals surface area contributed by atoms with Crippen molar-refractivity contribution in [1.29, 1.82) is 0 Å². The molecular formula is C22H28FN3O2S. The van der Waals surface area contributed by atoms with Gasteiger partial charge in [0.05, 0.1) is 0 Å². The normalized spacial score (nSPS) is 20.5. The van der Waals surface area contributed by atoms with Crippen LogP contribution in [0.25, 0.3) is 0 Å². The average Bonchev–Trinajstić information content (AvgIpc) is 2.69. The molecule has 2 aromatic carbocycles. The Labute approximate surface area is 172 Å². The van der Waals surface area contributed by atoms with Crippen molar-refractivity contribution < 1.29 is 12.8 Å². The lowest BCUT2D eigenvalue weighted by Gasteiger charge is -2.37. The highest BCUT2D eigenvalue weighted by Gasteiger charge is 2.29. The van der Waals surface area contributed by atoms with Gasteiger partial charge in [-0.1, -0.05) is 18.2 Å². The minimum Gasteiger partial charge on any atom is -0.369 e. The van der Waals surface area contributed by atoms with E-state index in [-0.39, 0.29) is 10.9 Å². The Bertz CT molecular complexity index is 1000. The molecule has 5 nitrogen and oxygen atoms in total. The van der Waals surface area contributed by atoms with E-state index in [0.29, 0.717) is 12.8 Å². The Kier molecular flexibility index (Phi) is 5.64. The highest BCUT2D eigenvalue weighted by Crippen LogP contribution is 2.34. The minimum absolute atomic E-state index is 0.236. The Morgan fingerprint density at radius 2 is 1.76 bits per heavy atom. The molecule has 0 aromatic heterocycles. The second-order valence-corrected chi connectivity index (χ2v) is 9.82. The molecule has 1 saturated heterocycles. The monoisotopic (exact) mass is 417 g/mol. The SMILES string of the molecule is Cc1ccc(N2CCN(C)CC2)c2c1CC[C@@H](NS(=O)(=O)c1ccccc1F)C2. The smallest absolute Gasteiger partial charge is 0.243 e. The zero-order valence-electron chi connectivity index (χ0n) is 17.0. The van der Waals surface area contributed by atoms with Crippen LogP contribution in [0.5, 0.6) is 0 Å². The molecule has 0 bridgehead atoms. The summed E-state index contributed by atoms with van der Waals surface area (Å²) in [6, 6.07) is 9.65. The van der Waals surface area contributed by atoms with Gasteiger partial charge in [-0.2, -0.15) is 0 Å². The van der Waals surface area contributed by atoms with E-state index in [1.807, 2.05) is 0 Å². The second kappa shape index (κ2) is 8.05. The summed E-state index contributed by atoms with van der Waals surface area (Å²) in [6.07, 6.45) is 2.17. The molecule has 1 aliphatic carbocycles. The third kappa shape index (κ3) is 4.17. The van der Waals surface area contributed by atoms with Crippen molar-refractivity contribution in [1.82, 2.24) is 9.62 Å². The number of fused-ring (bicyclic) bond motifs is 1. The molecule has 0 amide bonds. The van der Waals surface area contributed by atoms with Gasteiger partial charge in [-0.05, 0) is 68.1 Å². The molecule has 0 radical (unpaired) electrons. The van der Waals surface area contributed by atoms with Crippen LogP contribution in [-0.2, 0) is 22.9 Å². The van der Waals surface area contributed by atoms with Gasteiger partial charge in [0.1, 0.15) is 10.7 Å². The van der Waals surface area contributed by atoms with Crippen LogP contribution in [0.1, 0.15) is 23.1 Å². The molecule has 0 unspecified atom stereocenters. The maximum absolute atomic E-state index is 14.0. The first-order valence-electron chi connectivity index (χ1n) is 10.2. The Balaban J connectivity index is 1.59. The van der Waals surface area contributed by atoms with Crippen molar-refractivity contribution in [3.8, 4) is 0 Å². The zero-order valence-corrected chi connectivity index (χ0v) is 17.8. The summed E-state index contributed by atoms with van der Waals surface area (Å²) in [5.74, 6) is -0.717. The number of rotatable bonds is 4. The number of piperazine rings is 1. The molecular weight excluding hydrogens is 389 g/mol. The number of halogens is 1. The van der Waals surface area contributed by atoms with Gasteiger partial charge in [0.25, 0.3) is 0 Å². The van der Waals surface area contributed by atoms with E-state index in [0.717, 1.165) is 32.6 Å². The molecule has 2 aliphatic rings. The lowest BCUT2D eigenvalue weighted by Crippen LogP contribution is -2.45. The van der Waals surface area contributed by atoms with Gasteiger partial charge in [0.2, 0.25) is 10.0 Å². The number of anilines is 1. The largest absolute Gasteiger partial charge is 0.369 e. The van der Waals surface area contributed by atoms with Crippen LogP contribution in [0.4, 0.5) is 10.1 Å². The van der Waals surface area contributed by atoms with E-state index in [1.165, 1.54) is 40.6 Å². The average molecular weight is 418 g/mol. The third-order valence-electron chi connectivity index (χ3n) is 6.13. The van der Waals surface area contributed by atoms with E-state index < -0.39 is 15.8 Å². The van der Waals surface area contributed by atoms with Crippen molar-refractivity contribution in [2.24, 2.45) is 0 Å². The number of sulfonamides is 1. The number of nitrogens with one attached hydrogen (secondary N) is 1. The number of nitrogens with zero attached hydrogens (tertiary/aromatic N) is 2.